The van der Waals surface area contributed by atoms with E-state index in [4.69, 9.17) is 29.6 Å². The maximum Gasteiger partial charge on any atom is 0.0948 e. The lowest BCUT2D eigenvalue weighted by Gasteiger charge is -2.38. The van der Waals surface area contributed by atoms with Crippen molar-refractivity contribution in [1.82, 2.24) is 9.80 Å². The molecule has 2 rings (SSSR count). The second kappa shape index (κ2) is 6.66. The van der Waals surface area contributed by atoms with Crippen molar-refractivity contribution in [3.8, 4) is 0 Å². The van der Waals surface area contributed by atoms with Gasteiger partial charge in [-0.2, -0.15) is 0 Å². The fraction of sp³-hybridized carbons (Fsp3) is 0.500. The molecule has 3 nitrogen and oxygen atoms in total. The van der Waals surface area contributed by atoms with Gasteiger partial charge >= 0.3 is 0 Å². The molecule has 1 atom stereocenters. The fourth-order valence-electron chi connectivity index (χ4n) is 2.54. The van der Waals surface area contributed by atoms with Crippen LogP contribution in [-0.2, 0) is 0 Å². The maximum atomic E-state index is 5.95. The van der Waals surface area contributed by atoms with Crippen LogP contribution in [0.5, 0.6) is 0 Å². The number of piperazine rings is 1. The van der Waals surface area contributed by atoms with Crippen molar-refractivity contribution in [2.75, 3.05) is 32.7 Å². The van der Waals surface area contributed by atoms with Gasteiger partial charge < -0.3 is 10.6 Å². The minimum atomic E-state index is 0.0197. The van der Waals surface area contributed by atoms with Crippen LogP contribution in [0.2, 0.25) is 5.02 Å². The summed E-state index contributed by atoms with van der Waals surface area (Å²) in [6.07, 6.45) is 0. The SMILES string of the molecule is CCN1CCN(C(C(N)=S)c2ccc(Cl)cc2)CC1. The van der Waals surface area contributed by atoms with E-state index in [1.54, 1.807) is 0 Å². The molecule has 1 aliphatic heterocycles. The molecule has 1 saturated heterocycles. The van der Waals surface area contributed by atoms with Crippen LogP contribution >= 0.6 is 23.8 Å². The predicted molar refractivity (Wildman–Crippen MR) is 84.7 cm³/mol. The van der Waals surface area contributed by atoms with Crippen molar-refractivity contribution in [3.63, 3.8) is 0 Å². The van der Waals surface area contributed by atoms with E-state index in [-0.39, 0.29) is 6.04 Å². The second-order valence-corrected chi connectivity index (χ2v) is 5.73. The predicted octanol–water partition coefficient (Wildman–Crippen LogP) is 2.30. The van der Waals surface area contributed by atoms with E-state index in [2.05, 4.69) is 16.7 Å². The average molecular weight is 298 g/mol. The summed E-state index contributed by atoms with van der Waals surface area (Å²) < 4.78 is 0. The first-order valence-electron chi connectivity index (χ1n) is 6.63. The van der Waals surface area contributed by atoms with Crippen LogP contribution in [0.15, 0.2) is 24.3 Å². The summed E-state index contributed by atoms with van der Waals surface area (Å²) in [6, 6.07) is 7.83. The lowest BCUT2D eigenvalue weighted by atomic mass is 10.0. The van der Waals surface area contributed by atoms with Crippen LogP contribution < -0.4 is 5.73 Å². The Morgan fingerprint density at radius 3 is 2.32 bits per heavy atom. The molecule has 1 unspecified atom stereocenters. The van der Waals surface area contributed by atoms with Crippen molar-refractivity contribution in [2.24, 2.45) is 5.73 Å². The number of nitrogens with zero attached hydrogens (tertiary/aromatic N) is 2. The maximum absolute atomic E-state index is 5.95. The van der Waals surface area contributed by atoms with Crippen LogP contribution in [-0.4, -0.2) is 47.5 Å². The van der Waals surface area contributed by atoms with E-state index in [1.165, 1.54) is 0 Å². The zero-order chi connectivity index (χ0) is 13.8. The van der Waals surface area contributed by atoms with Crippen molar-refractivity contribution >= 4 is 28.8 Å². The van der Waals surface area contributed by atoms with E-state index in [0.717, 1.165) is 43.3 Å². The average Bonchev–Trinajstić information content (AvgIpc) is 2.42. The Balaban J connectivity index is 2.13. The number of thiocarbonyl (C=S) groups is 1. The van der Waals surface area contributed by atoms with Crippen LogP contribution in [0.3, 0.4) is 0 Å². The highest BCUT2D eigenvalue weighted by Gasteiger charge is 2.26. The molecule has 0 saturated carbocycles. The molecule has 1 aromatic rings. The molecule has 104 valence electrons. The third-order valence-corrected chi connectivity index (χ3v) is 4.15. The highest BCUT2D eigenvalue weighted by atomic mass is 35.5. The van der Waals surface area contributed by atoms with Crippen LogP contribution in [0, 0.1) is 0 Å². The minimum absolute atomic E-state index is 0.0197. The van der Waals surface area contributed by atoms with Crippen LogP contribution in [0.1, 0.15) is 18.5 Å². The molecule has 0 aliphatic carbocycles. The lowest BCUT2D eigenvalue weighted by Crippen LogP contribution is -2.49. The van der Waals surface area contributed by atoms with Gasteiger partial charge in [-0.15, -0.1) is 0 Å². The van der Waals surface area contributed by atoms with Gasteiger partial charge in [-0.1, -0.05) is 42.9 Å². The Hall–Kier alpha value is -0.680. The number of rotatable bonds is 4. The van der Waals surface area contributed by atoms with E-state index in [9.17, 15) is 0 Å². The second-order valence-electron chi connectivity index (χ2n) is 4.83. The molecule has 0 radical (unpaired) electrons. The van der Waals surface area contributed by atoms with Crippen molar-refractivity contribution < 1.29 is 0 Å². The highest BCUT2D eigenvalue weighted by Crippen LogP contribution is 2.24. The van der Waals surface area contributed by atoms with Gasteiger partial charge in [0.2, 0.25) is 0 Å². The zero-order valence-electron chi connectivity index (χ0n) is 11.2. The van der Waals surface area contributed by atoms with E-state index < -0.39 is 0 Å². The monoisotopic (exact) mass is 297 g/mol. The molecular weight excluding hydrogens is 278 g/mol. The van der Waals surface area contributed by atoms with Crippen molar-refractivity contribution in [1.29, 1.82) is 0 Å². The van der Waals surface area contributed by atoms with Gasteiger partial charge in [-0.25, -0.2) is 0 Å². The summed E-state index contributed by atoms with van der Waals surface area (Å²) in [6.45, 7) is 7.44. The minimum Gasteiger partial charge on any atom is -0.392 e. The summed E-state index contributed by atoms with van der Waals surface area (Å²) in [5.41, 5.74) is 7.07. The van der Waals surface area contributed by atoms with Gasteiger partial charge in [0.1, 0.15) is 0 Å². The van der Waals surface area contributed by atoms with Gasteiger partial charge in [0, 0.05) is 31.2 Å². The smallest absolute Gasteiger partial charge is 0.0948 e. The number of hydrogen-bond acceptors (Lipinski definition) is 3. The number of likely N-dealkylation sites (N-methyl/N-ethyl adjacent to an activating group) is 1. The molecule has 0 aromatic heterocycles. The van der Waals surface area contributed by atoms with Gasteiger partial charge in [0.25, 0.3) is 0 Å². The first kappa shape index (κ1) is 14.7. The summed E-state index contributed by atoms with van der Waals surface area (Å²) in [5.74, 6) is 0. The van der Waals surface area contributed by atoms with Gasteiger partial charge in [0.05, 0.1) is 11.0 Å². The fourth-order valence-corrected chi connectivity index (χ4v) is 2.95. The Morgan fingerprint density at radius 1 is 1.26 bits per heavy atom. The molecule has 1 aliphatic rings. The first-order valence-corrected chi connectivity index (χ1v) is 7.41. The summed E-state index contributed by atoms with van der Waals surface area (Å²) in [5, 5.41) is 0.737. The summed E-state index contributed by atoms with van der Waals surface area (Å²) >= 11 is 11.2. The van der Waals surface area contributed by atoms with Crippen molar-refractivity contribution in [3.05, 3.63) is 34.9 Å². The molecule has 2 N–H and O–H groups in total. The number of hydrogen-bond donors (Lipinski definition) is 1. The Morgan fingerprint density at radius 2 is 1.84 bits per heavy atom. The van der Waals surface area contributed by atoms with E-state index in [1.807, 2.05) is 24.3 Å². The summed E-state index contributed by atoms with van der Waals surface area (Å²) in [7, 11) is 0. The highest BCUT2D eigenvalue weighted by molar-refractivity contribution is 7.80. The van der Waals surface area contributed by atoms with Crippen molar-refractivity contribution in [2.45, 2.75) is 13.0 Å². The van der Waals surface area contributed by atoms with Gasteiger partial charge in [-0.3, -0.25) is 4.90 Å². The molecule has 1 heterocycles. The molecule has 1 fully saturated rings. The number of nitrogens with two attached hydrogens (primary N) is 1. The van der Waals surface area contributed by atoms with E-state index in [0.29, 0.717) is 4.99 Å². The largest absolute Gasteiger partial charge is 0.392 e. The molecule has 0 bridgehead atoms. The Bertz CT molecular complexity index is 427. The molecule has 0 spiro atoms. The Labute approximate surface area is 125 Å². The molecule has 1 aromatic carbocycles. The standard InChI is InChI=1S/C14H20ClN3S/c1-2-17-7-9-18(10-8-17)13(14(16)19)11-3-5-12(15)6-4-11/h3-6,13H,2,7-10H2,1H3,(H2,16,19). The molecule has 0 amide bonds. The quantitative estimate of drug-likeness (QED) is 0.865. The third kappa shape index (κ3) is 3.66. The van der Waals surface area contributed by atoms with Gasteiger partial charge in [-0.05, 0) is 24.2 Å². The van der Waals surface area contributed by atoms with Crippen LogP contribution in [0.25, 0.3) is 0 Å². The Kier molecular flexibility index (Phi) is 5.16. The normalized spacial score (nSPS) is 19.3. The van der Waals surface area contributed by atoms with Gasteiger partial charge in [0.15, 0.2) is 0 Å². The molecule has 5 heteroatoms. The first-order chi connectivity index (χ1) is 9.11. The lowest BCUT2D eigenvalue weighted by molar-refractivity contribution is 0.122. The third-order valence-electron chi connectivity index (χ3n) is 3.67. The topological polar surface area (TPSA) is 32.5 Å². The number of benzene rings is 1. The van der Waals surface area contributed by atoms with Crippen LogP contribution in [0.4, 0.5) is 0 Å². The number of halogens is 1. The molecule has 19 heavy (non-hydrogen) atoms. The molecular formula is C14H20ClN3S. The van der Waals surface area contributed by atoms with E-state index >= 15 is 0 Å². The summed E-state index contributed by atoms with van der Waals surface area (Å²) in [4.78, 5) is 5.33. The zero-order valence-corrected chi connectivity index (χ0v) is 12.8.